The molecule has 0 heterocycles. The molecule has 2 unspecified atom stereocenters. The summed E-state index contributed by atoms with van der Waals surface area (Å²) in [5, 5.41) is 0. The molecule has 0 rings (SSSR count). The summed E-state index contributed by atoms with van der Waals surface area (Å²) in [7, 11) is -4.40. The fraction of sp³-hybridized carbons (Fsp3) is 0.701. The molecule has 0 radical (unpaired) electrons. The summed E-state index contributed by atoms with van der Waals surface area (Å²) >= 11 is 0. The molecule has 0 saturated heterocycles. The number of esters is 2. The Labute approximate surface area is 473 Å². The Bertz CT molecular complexity index is 1630. The van der Waals surface area contributed by atoms with Gasteiger partial charge in [0.15, 0.2) is 6.10 Å². The first-order valence-electron chi connectivity index (χ1n) is 31.4. The van der Waals surface area contributed by atoms with E-state index in [9.17, 15) is 19.0 Å². The molecule has 0 aromatic carbocycles. The minimum absolute atomic E-state index is 0.0493. The van der Waals surface area contributed by atoms with Crippen LogP contribution in [0.15, 0.2) is 109 Å². The van der Waals surface area contributed by atoms with E-state index in [2.05, 4.69) is 123 Å². The molecule has 9 nitrogen and oxygen atoms in total. The van der Waals surface area contributed by atoms with Crippen molar-refractivity contribution in [3.8, 4) is 0 Å². The van der Waals surface area contributed by atoms with Crippen LogP contribution < -0.4 is 5.73 Å². The number of phosphoric ester groups is 1. The number of ether oxygens (including phenoxy) is 2. The normalized spacial score (nSPS) is 13.8. The van der Waals surface area contributed by atoms with Crippen molar-refractivity contribution in [1.82, 2.24) is 0 Å². The van der Waals surface area contributed by atoms with Gasteiger partial charge in [0.1, 0.15) is 6.61 Å². The number of phosphoric acid groups is 1. The van der Waals surface area contributed by atoms with E-state index in [1.54, 1.807) is 0 Å². The molecule has 0 aromatic heterocycles. The minimum atomic E-state index is -4.40. The van der Waals surface area contributed by atoms with Gasteiger partial charge in [-0.3, -0.25) is 18.6 Å². The Kier molecular flexibility index (Phi) is 59.2. The molecule has 2 atom stereocenters. The van der Waals surface area contributed by atoms with E-state index in [1.165, 1.54) is 128 Å². The molecule has 0 aliphatic carbocycles. The summed E-state index contributed by atoms with van der Waals surface area (Å²) in [4.78, 5) is 35.3. The number of unbranched alkanes of at least 4 members (excludes halogenated alkanes) is 27. The van der Waals surface area contributed by atoms with Gasteiger partial charge < -0.3 is 20.1 Å². The molecule has 442 valence electrons. The van der Waals surface area contributed by atoms with Crippen molar-refractivity contribution < 1.29 is 37.6 Å². The highest BCUT2D eigenvalue weighted by atomic mass is 31.2. The summed E-state index contributed by atoms with van der Waals surface area (Å²) in [6.07, 6.45) is 84.4. The van der Waals surface area contributed by atoms with Crippen LogP contribution >= 0.6 is 7.82 Å². The maximum Gasteiger partial charge on any atom is 0.472 e. The van der Waals surface area contributed by atoms with Gasteiger partial charge >= 0.3 is 19.8 Å². The highest BCUT2D eigenvalue weighted by Crippen LogP contribution is 2.43. The lowest BCUT2D eigenvalue weighted by atomic mass is 10.0. The van der Waals surface area contributed by atoms with E-state index in [0.29, 0.717) is 6.42 Å². The van der Waals surface area contributed by atoms with Crippen molar-refractivity contribution in [3.05, 3.63) is 109 Å². The largest absolute Gasteiger partial charge is 0.472 e. The molecule has 0 aromatic rings. The Morgan fingerprint density at radius 3 is 1.00 bits per heavy atom. The molecule has 0 fully saturated rings. The van der Waals surface area contributed by atoms with Crippen molar-refractivity contribution >= 4 is 19.8 Å². The summed E-state index contributed by atoms with van der Waals surface area (Å²) in [6.45, 7) is 3.53. The topological polar surface area (TPSA) is 134 Å². The molecular formula is C67H116NO8P. The van der Waals surface area contributed by atoms with Gasteiger partial charge in [-0.25, -0.2) is 4.57 Å². The van der Waals surface area contributed by atoms with Gasteiger partial charge in [0.25, 0.3) is 0 Å². The smallest absolute Gasteiger partial charge is 0.462 e. The van der Waals surface area contributed by atoms with Gasteiger partial charge in [0.05, 0.1) is 13.2 Å². The Morgan fingerprint density at radius 1 is 0.390 bits per heavy atom. The SMILES string of the molecule is CC/C=C\C/C=C\C/C=C\C/C=C\C/C=C\CCCCCCCCCCCCCCCCCCCC(=O)OC(COC(=O)CCCCCCCCCCCC/C=C\C/C=C\C/C=C\C/C=C\CC)COP(=O)(O)OCCN. The molecule has 77 heavy (non-hydrogen) atoms. The first kappa shape index (κ1) is 73.7. The van der Waals surface area contributed by atoms with Crippen LogP contribution in [0.4, 0.5) is 0 Å². The Morgan fingerprint density at radius 2 is 0.675 bits per heavy atom. The zero-order valence-electron chi connectivity index (χ0n) is 49.4. The first-order chi connectivity index (χ1) is 37.8. The maximum absolute atomic E-state index is 12.7. The fourth-order valence-corrected chi connectivity index (χ4v) is 9.36. The Hall–Kier alpha value is -3.33. The monoisotopic (exact) mass is 1090 g/mol. The minimum Gasteiger partial charge on any atom is -0.462 e. The van der Waals surface area contributed by atoms with Crippen LogP contribution in [0.25, 0.3) is 0 Å². The lowest BCUT2D eigenvalue weighted by Gasteiger charge is -2.19. The van der Waals surface area contributed by atoms with Gasteiger partial charge in [0, 0.05) is 19.4 Å². The predicted octanol–water partition coefficient (Wildman–Crippen LogP) is 20.2. The summed E-state index contributed by atoms with van der Waals surface area (Å²) in [6, 6.07) is 0. The van der Waals surface area contributed by atoms with Crippen LogP contribution in [-0.4, -0.2) is 49.3 Å². The second kappa shape index (κ2) is 61.9. The average molecular weight is 1090 g/mol. The van der Waals surface area contributed by atoms with Gasteiger partial charge in [-0.05, 0) is 96.3 Å². The number of carbonyl (C=O) groups is 2. The van der Waals surface area contributed by atoms with E-state index >= 15 is 0 Å². The van der Waals surface area contributed by atoms with Crippen LogP contribution in [0.5, 0.6) is 0 Å². The predicted molar refractivity (Wildman–Crippen MR) is 330 cm³/mol. The average Bonchev–Trinajstić information content (AvgIpc) is 3.42. The van der Waals surface area contributed by atoms with Crippen LogP contribution in [0, 0.1) is 0 Å². The number of rotatable bonds is 58. The molecular weight excluding hydrogens is 978 g/mol. The standard InChI is InChI=1S/C67H116NO8P/c1-3-5-7-9-11-13-15-17-19-21-23-25-27-28-29-30-31-32-33-34-35-36-38-40-42-44-46-48-50-52-54-56-58-60-67(70)76-65(64-75-77(71,72)74-62-61-68)63-73-66(69)59-57-55-53-51-49-47-45-43-41-39-37-26-24-22-20-18-16-14-12-10-8-6-4-2/h5-8,11-14,17-20,23-26,28-29,65H,3-4,9-10,15-16,21-22,27,30-64,68H2,1-2H3,(H,71,72)/b7-5-,8-6-,13-11-,14-12-,19-17-,20-18-,25-23-,26-24-,29-28-. The molecule has 0 aliphatic heterocycles. The number of allylic oxidation sites excluding steroid dienone is 18. The second-order valence-electron chi connectivity index (χ2n) is 20.5. The zero-order valence-corrected chi connectivity index (χ0v) is 50.3. The van der Waals surface area contributed by atoms with Crippen molar-refractivity contribution in [2.45, 2.75) is 277 Å². The third-order valence-corrected chi connectivity index (χ3v) is 14.1. The highest BCUT2D eigenvalue weighted by Gasteiger charge is 2.26. The van der Waals surface area contributed by atoms with Crippen molar-refractivity contribution in [2.75, 3.05) is 26.4 Å². The number of hydrogen-bond donors (Lipinski definition) is 2. The van der Waals surface area contributed by atoms with Gasteiger partial charge in [0.2, 0.25) is 0 Å². The van der Waals surface area contributed by atoms with Gasteiger partial charge in [-0.1, -0.05) is 271 Å². The van der Waals surface area contributed by atoms with Crippen molar-refractivity contribution in [1.29, 1.82) is 0 Å². The first-order valence-corrected chi connectivity index (χ1v) is 32.9. The third kappa shape index (κ3) is 61.7. The molecule has 3 N–H and O–H groups in total. The van der Waals surface area contributed by atoms with E-state index in [-0.39, 0.29) is 38.6 Å². The number of carbonyl (C=O) groups excluding carboxylic acids is 2. The Balaban J connectivity index is 3.92. The van der Waals surface area contributed by atoms with Gasteiger partial charge in [-0.15, -0.1) is 0 Å². The summed E-state index contributed by atoms with van der Waals surface area (Å²) in [5.74, 6) is -0.830. The molecule has 0 bridgehead atoms. The summed E-state index contributed by atoms with van der Waals surface area (Å²) in [5.41, 5.74) is 5.39. The van der Waals surface area contributed by atoms with Crippen LogP contribution in [0.1, 0.15) is 271 Å². The van der Waals surface area contributed by atoms with Crippen molar-refractivity contribution in [2.24, 2.45) is 5.73 Å². The lowest BCUT2D eigenvalue weighted by molar-refractivity contribution is -0.161. The van der Waals surface area contributed by atoms with Crippen LogP contribution in [0.3, 0.4) is 0 Å². The summed E-state index contributed by atoms with van der Waals surface area (Å²) < 4.78 is 33.1. The second-order valence-corrected chi connectivity index (χ2v) is 22.0. The van der Waals surface area contributed by atoms with Crippen LogP contribution in [-0.2, 0) is 32.7 Å². The molecule has 10 heteroatoms. The quantitative estimate of drug-likeness (QED) is 0.0264. The number of nitrogens with two attached hydrogens (primary N) is 1. The zero-order chi connectivity index (χ0) is 55.9. The maximum atomic E-state index is 12.7. The molecule has 0 amide bonds. The fourth-order valence-electron chi connectivity index (χ4n) is 8.60. The highest BCUT2D eigenvalue weighted by molar-refractivity contribution is 7.47. The van der Waals surface area contributed by atoms with E-state index in [1.807, 2.05) is 0 Å². The molecule has 0 spiro atoms. The van der Waals surface area contributed by atoms with E-state index in [4.69, 9.17) is 24.3 Å². The molecule has 0 saturated carbocycles. The van der Waals surface area contributed by atoms with E-state index in [0.717, 1.165) is 109 Å². The lowest BCUT2D eigenvalue weighted by Crippen LogP contribution is -2.29. The molecule has 0 aliphatic rings. The third-order valence-electron chi connectivity index (χ3n) is 13.2. The number of hydrogen-bond acceptors (Lipinski definition) is 8. The van der Waals surface area contributed by atoms with E-state index < -0.39 is 26.5 Å². The van der Waals surface area contributed by atoms with Gasteiger partial charge in [-0.2, -0.15) is 0 Å². The van der Waals surface area contributed by atoms with Crippen LogP contribution in [0.2, 0.25) is 0 Å². The van der Waals surface area contributed by atoms with Crippen molar-refractivity contribution in [3.63, 3.8) is 0 Å².